The highest BCUT2D eigenvalue weighted by Gasteiger charge is 2.27. The van der Waals surface area contributed by atoms with E-state index in [0.717, 1.165) is 0 Å². The van der Waals surface area contributed by atoms with E-state index in [1.54, 1.807) is 0 Å². The Hall–Kier alpha value is -0.0900. The van der Waals surface area contributed by atoms with Crippen molar-refractivity contribution in [2.75, 3.05) is 13.1 Å². The van der Waals surface area contributed by atoms with Crippen LogP contribution in [0.2, 0.25) is 0 Å². The summed E-state index contributed by atoms with van der Waals surface area (Å²) >= 11 is 3.28. The minimum atomic E-state index is -0.0926. The van der Waals surface area contributed by atoms with Gasteiger partial charge in [-0.15, -0.1) is 0 Å². The molecule has 0 spiro atoms. The lowest BCUT2D eigenvalue weighted by Crippen LogP contribution is -2.49. The summed E-state index contributed by atoms with van der Waals surface area (Å²) in [6, 6.07) is 0. The molecule has 76 valence electrons. The second kappa shape index (κ2) is 4.42. The van der Waals surface area contributed by atoms with Gasteiger partial charge in [-0.2, -0.15) is 0 Å². The number of morpholine rings is 1. The predicted molar refractivity (Wildman–Crippen MR) is 55.0 cm³/mol. The third kappa shape index (κ3) is 2.95. The largest absolute Gasteiger partial charge is 0.372 e. The highest BCUT2D eigenvalue weighted by Crippen LogP contribution is 2.13. The first-order valence-electron chi connectivity index (χ1n) is 4.59. The number of halogens is 1. The van der Waals surface area contributed by atoms with Crippen molar-refractivity contribution in [2.24, 2.45) is 0 Å². The molecule has 0 N–H and O–H groups in total. The van der Waals surface area contributed by atoms with Crippen molar-refractivity contribution < 1.29 is 9.53 Å². The third-order valence-corrected chi connectivity index (χ3v) is 2.46. The van der Waals surface area contributed by atoms with Gasteiger partial charge in [-0.25, -0.2) is 0 Å². The molecule has 1 rings (SSSR count). The van der Waals surface area contributed by atoms with Crippen molar-refractivity contribution in [3.05, 3.63) is 0 Å². The molecule has 1 saturated heterocycles. The lowest BCUT2D eigenvalue weighted by atomic mass is 10.2. The average molecular weight is 250 g/mol. The summed E-state index contributed by atoms with van der Waals surface area (Å²) in [6.07, 6.45) is 0.304. The van der Waals surface area contributed by atoms with E-state index in [4.69, 9.17) is 4.74 Å². The molecule has 0 aromatic heterocycles. The molecule has 3 nitrogen and oxygen atoms in total. The van der Waals surface area contributed by atoms with Gasteiger partial charge in [0.1, 0.15) is 0 Å². The predicted octanol–water partition coefficient (Wildman–Crippen LogP) is 1.41. The van der Waals surface area contributed by atoms with Crippen LogP contribution < -0.4 is 0 Å². The number of hydrogen-bond acceptors (Lipinski definition) is 2. The highest BCUT2D eigenvalue weighted by molar-refractivity contribution is 9.10. The summed E-state index contributed by atoms with van der Waals surface area (Å²) in [5.41, 5.74) is 0. The number of carbonyl (C=O) groups excluding carboxylic acids is 1. The van der Waals surface area contributed by atoms with E-state index in [9.17, 15) is 4.79 Å². The van der Waals surface area contributed by atoms with Crippen LogP contribution in [0.4, 0.5) is 0 Å². The van der Waals surface area contributed by atoms with E-state index in [1.807, 2.05) is 25.7 Å². The van der Waals surface area contributed by atoms with Gasteiger partial charge in [0.15, 0.2) is 0 Å². The van der Waals surface area contributed by atoms with Gasteiger partial charge < -0.3 is 9.64 Å². The molecule has 0 aromatic rings. The SMILES string of the molecule is C[C@H](Br)C(=O)N1C[C@H](C)O[C@@H](C)C1. The standard InChI is InChI=1S/C9H16BrNO2/c1-6-4-11(5-7(2)13-6)9(12)8(3)10/h6-8H,4-5H2,1-3H3/t6-,7-,8-/m0/s1. The molecular formula is C9H16BrNO2. The number of amides is 1. The van der Waals surface area contributed by atoms with Crippen molar-refractivity contribution in [3.63, 3.8) is 0 Å². The van der Waals surface area contributed by atoms with Crippen molar-refractivity contribution >= 4 is 21.8 Å². The maximum atomic E-state index is 11.6. The molecule has 0 aromatic carbocycles. The Kier molecular flexibility index (Phi) is 3.74. The van der Waals surface area contributed by atoms with E-state index in [2.05, 4.69) is 15.9 Å². The normalized spacial score (nSPS) is 31.5. The topological polar surface area (TPSA) is 29.5 Å². The van der Waals surface area contributed by atoms with Gasteiger partial charge in [-0.05, 0) is 20.8 Å². The minimum Gasteiger partial charge on any atom is -0.372 e. The summed E-state index contributed by atoms with van der Waals surface area (Å²) in [6.45, 7) is 7.26. The molecule has 1 amide bonds. The molecule has 0 saturated carbocycles. The second-order valence-corrected chi connectivity index (χ2v) is 4.99. The van der Waals surface area contributed by atoms with Gasteiger partial charge in [-0.3, -0.25) is 4.79 Å². The van der Waals surface area contributed by atoms with Crippen LogP contribution in [-0.4, -0.2) is 40.9 Å². The van der Waals surface area contributed by atoms with Gasteiger partial charge in [0.05, 0.1) is 17.0 Å². The summed E-state index contributed by atoms with van der Waals surface area (Å²) in [5.74, 6) is 0.155. The fourth-order valence-corrected chi connectivity index (χ4v) is 1.90. The van der Waals surface area contributed by atoms with Crippen molar-refractivity contribution in [3.8, 4) is 0 Å². The quantitative estimate of drug-likeness (QED) is 0.658. The van der Waals surface area contributed by atoms with E-state index in [0.29, 0.717) is 13.1 Å². The average Bonchev–Trinajstić information content (AvgIpc) is 2.01. The summed E-state index contributed by atoms with van der Waals surface area (Å²) < 4.78 is 5.54. The van der Waals surface area contributed by atoms with E-state index < -0.39 is 0 Å². The van der Waals surface area contributed by atoms with Gasteiger partial charge in [0.2, 0.25) is 5.91 Å². The van der Waals surface area contributed by atoms with Gasteiger partial charge in [0.25, 0.3) is 0 Å². The smallest absolute Gasteiger partial charge is 0.236 e. The van der Waals surface area contributed by atoms with Crippen molar-refractivity contribution in [2.45, 2.75) is 37.8 Å². The zero-order valence-corrected chi connectivity index (χ0v) is 9.87. The molecule has 0 unspecified atom stereocenters. The fraction of sp³-hybridized carbons (Fsp3) is 0.889. The number of hydrogen-bond donors (Lipinski definition) is 0. The second-order valence-electron chi connectivity index (χ2n) is 3.62. The van der Waals surface area contributed by atoms with Crippen LogP contribution in [0.3, 0.4) is 0 Å². The summed E-state index contributed by atoms with van der Waals surface area (Å²) in [7, 11) is 0. The molecule has 4 heteroatoms. The fourth-order valence-electron chi connectivity index (χ4n) is 1.61. The van der Waals surface area contributed by atoms with Crippen molar-refractivity contribution in [1.29, 1.82) is 0 Å². The lowest BCUT2D eigenvalue weighted by Gasteiger charge is -2.35. The molecule has 0 bridgehead atoms. The molecule has 1 heterocycles. The molecule has 3 atom stereocenters. The van der Waals surface area contributed by atoms with Crippen LogP contribution >= 0.6 is 15.9 Å². The van der Waals surface area contributed by atoms with Crippen LogP contribution in [0.5, 0.6) is 0 Å². The molecule has 0 aliphatic carbocycles. The highest BCUT2D eigenvalue weighted by atomic mass is 79.9. The molecule has 1 aliphatic heterocycles. The first-order valence-corrected chi connectivity index (χ1v) is 5.50. The Morgan fingerprint density at radius 3 is 2.31 bits per heavy atom. The van der Waals surface area contributed by atoms with Crippen molar-refractivity contribution in [1.82, 2.24) is 4.90 Å². The Balaban J connectivity index is 2.55. The van der Waals surface area contributed by atoms with Crippen LogP contribution in [0.15, 0.2) is 0 Å². The molecule has 1 fully saturated rings. The Labute approximate surface area is 87.6 Å². The number of rotatable bonds is 1. The Morgan fingerprint density at radius 2 is 1.92 bits per heavy atom. The zero-order valence-electron chi connectivity index (χ0n) is 8.29. The monoisotopic (exact) mass is 249 g/mol. The van der Waals surface area contributed by atoms with E-state index in [-0.39, 0.29) is 22.9 Å². The molecule has 1 aliphatic rings. The van der Waals surface area contributed by atoms with Crippen LogP contribution in [0.1, 0.15) is 20.8 Å². The first-order chi connectivity index (χ1) is 6.00. The molecule has 0 radical (unpaired) electrons. The van der Waals surface area contributed by atoms with E-state index >= 15 is 0 Å². The number of alkyl halides is 1. The van der Waals surface area contributed by atoms with Gasteiger partial charge >= 0.3 is 0 Å². The number of ether oxygens (including phenoxy) is 1. The van der Waals surface area contributed by atoms with E-state index in [1.165, 1.54) is 0 Å². The van der Waals surface area contributed by atoms with Gasteiger partial charge in [0, 0.05) is 13.1 Å². The maximum Gasteiger partial charge on any atom is 0.236 e. The zero-order chi connectivity index (χ0) is 10.0. The van der Waals surface area contributed by atoms with Crippen LogP contribution in [0.25, 0.3) is 0 Å². The lowest BCUT2D eigenvalue weighted by molar-refractivity contribution is -0.142. The summed E-state index contributed by atoms with van der Waals surface area (Å²) in [4.78, 5) is 13.4. The third-order valence-electron chi connectivity index (χ3n) is 2.07. The number of carbonyl (C=O) groups is 1. The minimum absolute atomic E-state index is 0.0926. The Morgan fingerprint density at radius 1 is 1.46 bits per heavy atom. The summed E-state index contributed by atoms with van der Waals surface area (Å²) in [5, 5.41) is 0. The van der Waals surface area contributed by atoms with Crippen LogP contribution in [-0.2, 0) is 9.53 Å². The first kappa shape index (κ1) is 11.0. The molecule has 13 heavy (non-hydrogen) atoms. The van der Waals surface area contributed by atoms with Gasteiger partial charge in [-0.1, -0.05) is 15.9 Å². The van der Waals surface area contributed by atoms with Crippen LogP contribution in [0, 0.1) is 0 Å². The Bertz CT molecular complexity index is 186. The maximum absolute atomic E-state index is 11.6. The number of nitrogens with zero attached hydrogens (tertiary/aromatic N) is 1. The molecular weight excluding hydrogens is 234 g/mol.